The standard InChI is InChI=1S/C13H16N4/c1-10-14-7-8-17(10)13-11(3-2-6-15-13)9-16-12-4-5-12/h2-3,6-8,12,16H,4-5,9H2,1H3. The highest BCUT2D eigenvalue weighted by molar-refractivity contribution is 5.34. The van der Waals surface area contributed by atoms with Gasteiger partial charge in [-0.2, -0.15) is 0 Å². The van der Waals surface area contributed by atoms with Crippen LogP contribution in [0.4, 0.5) is 0 Å². The largest absolute Gasteiger partial charge is 0.310 e. The zero-order valence-electron chi connectivity index (χ0n) is 9.93. The van der Waals surface area contributed by atoms with Crippen molar-refractivity contribution in [3.05, 3.63) is 42.1 Å². The molecule has 1 N–H and O–H groups in total. The minimum Gasteiger partial charge on any atom is -0.310 e. The van der Waals surface area contributed by atoms with Crippen molar-refractivity contribution in [2.45, 2.75) is 32.4 Å². The van der Waals surface area contributed by atoms with Gasteiger partial charge in [0, 0.05) is 36.7 Å². The normalized spacial score (nSPS) is 15.1. The topological polar surface area (TPSA) is 42.7 Å². The first kappa shape index (κ1) is 10.5. The summed E-state index contributed by atoms with van der Waals surface area (Å²) in [5.74, 6) is 1.95. The van der Waals surface area contributed by atoms with Crippen LogP contribution in [0.15, 0.2) is 30.7 Å². The molecule has 0 radical (unpaired) electrons. The Morgan fingerprint density at radius 3 is 2.94 bits per heavy atom. The lowest BCUT2D eigenvalue weighted by Crippen LogP contribution is -2.17. The van der Waals surface area contributed by atoms with Gasteiger partial charge < -0.3 is 5.32 Å². The number of rotatable bonds is 4. The van der Waals surface area contributed by atoms with E-state index in [-0.39, 0.29) is 0 Å². The van der Waals surface area contributed by atoms with Crippen LogP contribution in [0.1, 0.15) is 24.2 Å². The van der Waals surface area contributed by atoms with E-state index in [9.17, 15) is 0 Å². The van der Waals surface area contributed by atoms with E-state index in [0.29, 0.717) is 6.04 Å². The Kier molecular flexibility index (Phi) is 2.65. The molecular weight excluding hydrogens is 212 g/mol. The van der Waals surface area contributed by atoms with Crippen molar-refractivity contribution in [2.24, 2.45) is 0 Å². The Balaban J connectivity index is 1.89. The summed E-state index contributed by atoms with van der Waals surface area (Å²) in [6.07, 6.45) is 8.20. The van der Waals surface area contributed by atoms with E-state index in [2.05, 4.69) is 21.4 Å². The average Bonchev–Trinajstić information content (AvgIpc) is 3.09. The molecule has 2 aromatic heterocycles. The Morgan fingerprint density at radius 1 is 1.35 bits per heavy atom. The summed E-state index contributed by atoms with van der Waals surface area (Å²) in [7, 11) is 0. The molecule has 0 spiro atoms. The molecule has 1 fully saturated rings. The molecule has 1 aliphatic rings. The molecule has 1 saturated carbocycles. The molecule has 1 aliphatic carbocycles. The molecule has 0 amide bonds. The van der Waals surface area contributed by atoms with Crippen molar-refractivity contribution in [1.29, 1.82) is 0 Å². The molecule has 17 heavy (non-hydrogen) atoms. The number of pyridine rings is 1. The smallest absolute Gasteiger partial charge is 0.142 e. The van der Waals surface area contributed by atoms with Crippen molar-refractivity contribution >= 4 is 0 Å². The molecule has 2 heterocycles. The summed E-state index contributed by atoms with van der Waals surface area (Å²) in [5, 5.41) is 3.52. The lowest BCUT2D eigenvalue weighted by Gasteiger charge is -2.10. The molecule has 4 heteroatoms. The van der Waals surface area contributed by atoms with Crippen LogP contribution in [0.3, 0.4) is 0 Å². The highest BCUT2D eigenvalue weighted by atomic mass is 15.1. The number of nitrogens with one attached hydrogen (secondary N) is 1. The molecule has 0 aliphatic heterocycles. The number of aromatic nitrogens is 3. The molecule has 3 rings (SSSR count). The highest BCUT2D eigenvalue weighted by Gasteiger charge is 2.20. The summed E-state index contributed by atoms with van der Waals surface area (Å²) in [6, 6.07) is 4.82. The first-order chi connectivity index (χ1) is 8.34. The van der Waals surface area contributed by atoms with Crippen LogP contribution in [0.5, 0.6) is 0 Å². The van der Waals surface area contributed by atoms with Crippen LogP contribution in [0.2, 0.25) is 0 Å². The van der Waals surface area contributed by atoms with E-state index >= 15 is 0 Å². The number of hydrogen-bond acceptors (Lipinski definition) is 3. The van der Waals surface area contributed by atoms with Crippen molar-refractivity contribution in [3.63, 3.8) is 0 Å². The average molecular weight is 228 g/mol. The van der Waals surface area contributed by atoms with E-state index in [4.69, 9.17) is 0 Å². The van der Waals surface area contributed by atoms with Crippen LogP contribution in [0.25, 0.3) is 5.82 Å². The quantitative estimate of drug-likeness (QED) is 0.868. The summed E-state index contributed by atoms with van der Waals surface area (Å²) in [4.78, 5) is 8.71. The van der Waals surface area contributed by atoms with Gasteiger partial charge in [0.2, 0.25) is 0 Å². The number of nitrogens with zero attached hydrogens (tertiary/aromatic N) is 3. The van der Waals surface area contributed by atoms with Gasteiger partial charge in [0.05, 0.1) is 0 Å². The van der Waals surface area contributed by atoms with Gasteiger partial charge in [0.1, 0.15) is 11.6 Å². The third-order valence-electron chi connectivity index (χ3n) is 3.08. The van der Waals surface area contributed by atoms with Gasteiger partial charge in [0.15, 0.2) is 0 Å². The summed E-state index contributed by atoms with van der Waals surface area (Å²) in [5.41, 5.74) is 1.22. The second-order valence-electron chi connectivity index (χ2n) is 4.49. The van der Waals surface area contributed by atoms with Gasteiger partial charge in [0.25, 0.3) is 0 Å². The van der Waals surface area contributed by atoms with Crippen LogP contribution in [-0.4, -0.2) is 20.6 Å². The first-order valence-electron chi connectivity index (χ1n) is 6.02. The first-order valence-corrected chi connectivity index (χ1v) is 6.02. The lowest BCUT2D eigenvalue weighted by molar-refractivity contribution is 0.680. The maximum atomic E-state index is 4.46. The monoisotopic (exact) mass is 228 g/mol. The Labute approximate surface area is 101 Å². The molecule has 0 atom stereocenters. The van der Waals surface area contributed by atoms with Gasteiger partial charge >= 0.3 is 0 Å². The third-order valence-corrected chi connectivity index (χ3v) is 3.08. The van der Waals surface area contributed by atoms with E-state index < -0.39 is 0 Å². The van der Waals surface area contributed by atoms with E-state index in [1.807, 2.05) is 36.1 Å². The lowest BCUT2D eigenvalue weighted by atomic mass is 10.2. The van der Waals surface area contributed by atoms with Gasteiger partial charge in [-0.3, -0.25) is 4.57 Å². The third kappa shape index (κ3) is 2.22. The summed E-state index contributed by atoms with van der Waals surface area (Å²) in [6.45, 7) is 2.87. The Hall–Kier alpha value is -1.68. The number of hydrogen-bond donors (Lipinski definition) is 1. The van der Waals surface area contributed by atoms with E-state index in [1.54, 1.807) is 0 Å². The molecule has 88 valence electrons. The minimum atomic E-state index is 0.715. The van der Waals surface area contributed by atoms with Gasteiger partial charge in [-0.25, -0.2) is 9.97 Å². The van der Waals surface area contributed by atoms with E-state index in [0.717, 1.165) is 18.2 Å². The molecule has 2 aromatic rings. The highest BCUT2D eigenvalue weighted by Crippen LogP contribution is 2.20. The maximum absolute atomic E-state index is 4.46. The molecule has 0 aromatic carbocycles. The van der Waals surface area contributed by atoms with Crippen molar-refractivity contribution in [2.75, 3.05) is 0 Å². The SMILES string of the molecule is Cc1nccn1-c1ncccc1CNC1CC1. The van der Waals surface area contributed by atoms with Crippen LogP contribution in [-0.2, 0) is 6.54 Å². The number of aryl methyl sites for hydroxylation is 1. The van der Waals surface area contributed by atoms with Crippen molar-refractivity contribution in [3.8, 4) is 5.82 Å². The Bertz CT molecular complexity index is 514. The molecule has 0 saturated heterocycles. The fourth-order valence-electron chi connectivity index (χ4n) is 1.93. The van der Waals surface area contributed by atoms with Gasteiger partial charge in [-0.1, -0.05) is 6.07 Å². The zero-order valence-corrected chi connectivity index (χ0v) is 9.93. The fourth-order valence-corrected chi connectivity index (χ4v) is 1.93. The predicted molar refractivity (Wildman–Crippen MR) is 66.0 cm³/mol. The van der Waals surface area contributed by atoms with E-state index in [1.165, 1.54) is 18.4 Å². The Morgan fingerprint density at radius 2 is 2.24 bits per heavy atom. The second-order valence-corrected chi connectivity index (χ2v) is 4.49. The second kappa shape index (κ2) is 4.30. The molecule has 4 nitrogen and oxygen atoms in total. The van der Waals surface area contributed by atoms with Gasteiger partial charge in [-0.15, -0.1) is 0 Å². The summed E-state index contributed by atoms with van der Waals surface area (Å²) >= 11 is 0. The maximum Gasteiger partial charge on any atom is 0.142 e. The molecule has 0 bridgehead atoms. The zero-order chi connectivity index (χ0) is 11.7. The van der Waals surface area contributed by atoms with Crippen molar-refractivity contribution in [1.82, 2.24) is 19.9 Å². The molecular formula is C13H16N4. The van der Waals surface area contributed by atoms with Crippen LogP contribution >= 0.6 is 0 Å². The van der Waals surface area contributed by atoms with Gasteiger partial charge in [-0.05, 0) is 25.8 Å². The minimum absolute atomic E-state index is 0.715. The summed E-state index contributed by atoms with van der Waals surface area (Å²) < 4.78 is 2.03. The van der Waals surface area contributed by atoms with Crippen LogP contribution < -0.4 is 5.32 Å². The fraction of sp³-hybridized carbons (Fsp3) is 0.385. The van der Waals surface area contributed by atoms with Crippen molar-refractivity contribution < 1.29 is 0 Å². The number of imidazole rings is 1. The van der Waals surface area contributed by atoms with Crippen LogP contribution in [0, 0.1) is 6.92 Å². The molecule has 0 unspecified atom stereocenters. The predicted octanol–water partition coefficient (Wildman–Crippen LogP) is 1.83.